The number of ether oxygens (including phenoxy) is 1. The van der Waals surface area contributed by atoms with Crippen molar-refractivity contribution in [2.75, 3.05) is 13.7 Å². The molecule has 0 aromatic rings. The van der Waals surface area contributed by atoms with Crippen molar-refractivity contribution in [3.8, 4) is 0 Å². The van der Waals surface area contributed by atoms with Crippen LogP contribution in [-0.4, -0.2) is 25.5 Å². The maximum absolute atomic E-state index is 11.9. The van der Waals surface area contributed by atoms with Crippen LogP contribution in [0.2, 0.25) is 0 Å². The Balaban J connectivity index is 3.06. The molecule has 1 fully saturated rings. The Morgan fingerprint density at radius 3 is 2.56 bits per heavy atom. The minimum absolute atomic E-state index is 0.143. The summed E-state index contributed by atoms with van der Waals surface area (Å²) in [5.41, 5.74) is -0.331. The fraction of sp³-hybridized carbons (Fsp3) is 0.833. The van der Waals surface area contributed by atoms with E-state index in [9.17, 15) is 9.59 Å². The number of methoxy groups -OCH3 is 1. The number of nitrogens with one attached hydrogen (secondary N) is 1. The van der Waals surface area contributed by atoms with Gasteiger partial charge in [0.1, 0.15) is 0 Å². The molecule has 0 saturated carbocycles. The van der Waals surface area contributed by atoms with Crippen molar-refractivity contribution in [1.82, 2.24) is 5.32 Å². The maximum atomic E-state index is 11.9. The molecule has 16 heavy (non-hydrogen) atoms. The minimum atomic E-state index is -0.331. The molecular formula is C12H21NO3. The Hall–Kier alpha value is -0.900. The van der Waals surface area contributed by atoms with Gasteiger partial charge in [-0.1, -0.05) is 20.8 Å². The highest BCUT2D eigenvalue weighted by Crippen LogP contribution is 2.42. The highest BCUT2D eigenvalue weighted by molar-refractivity contribution is 5.99. The van der Waals surface area contributed by atoms with Crippen molar-refractivity contribution in [3.05, 3.63) is 0 Å². The molecule has 1 aliphatic heterocycles. The predicted molar refractivity (Wildman–Crippen MR) is 60.7 cm³/mol. The summed E-state index contributed by atoms with van der Waals surface area (Å²) < 4.78 is 5.22. The molecule has 1 saturated heterocycles. The number of rotatable bonds is 4. The Morgan fingerprint density at radius 2 is 2.12 bits per heavy atom. The van der Waals surface area contributed by atoms with Crippen LogP contribution < -0.4 is 5.32 Å². The summed E-state index contributed by atoms with van der Waals surface area (Å²) in [4.78, 5) is 23.4. The summed E-state index contributed by atoms with van der Waals surface area (Å²) in [6, 6.07) is 0. The first kappa shape index (κ1) is 13.2. The summed E-state index contributed by atoms with van der Waals surface area (Å²) in [5, 5.41) is 2.42. The zero-order chi connectivity index (χ0) is 12.3. The highest BCUT2D eigenvalue weighted by Gasteiger charge is 2.48. The van der Waals surface area contributed by atoms with Gasteiger partial charge in [0.05, 0.1) is 6.61 Å². The molecule has 0 aliphatic carbocycles. The third-order valence-corrected chi connectivity index (χ3v) is 3.52. The van der Waals surface area contributed by atoms with Gasteiger partial charge in [-0.05, 0) is 12.3 Å². The monoisotopic (exact) mass is 227 g/mol. The van der Waals surface area contributed by atoms with Gasteiger partial charge in [-0.25, -0.2) is 0 Å². The fourth-order valence-corrected chi connectivity index (χ4v) is 2.85. The molecule has 4 heteroatoms. The van der Waals surface area contributed by atoms with Crippen molar-refractivity contribution < 1.29 is 14.3 Å². The SMILES string of the molecule is CCC1(COC)CC(=O)NC(=O)C1C(C)C. The molecule has 1 rings (SSSR count). The summed E-state index contributed by atoms with van der Waals surface area (Å²) in [6.07, 6.45) is 1.16. The smallest absolute Gasteiger partial charge is 0.230 e. The zero-order valence-corrected chi connectivity index (χ0v) is 10.5. The van der Waals surface area contributed by atoms with Crippen molar-refractivity contribution in [1.29, 1.82) is 0 Å². The number of imide groups is 1. The van der Waals surface area contributed by atoms with Crippen molar-refractivity contribution in [3.63, 3.8) is 0 Å². The third-order valence-electron chi connectivity index (χ3n) is 3.52. The number of amides is 2. The second kappa shape index (κ2) is 4.95. The lowest BCUT2D eigenvalue weighted by Gasteiger charge is -2.43. The molecule has 92 valence electrons. The van der Waals surface area contributed by atoms with Gasteiger partial charge in [0, 0.05) is 24.9 Å². The molecule has 0 aromatic heterocycles. The average Bonchev–Trinajstić information content (AvgIpc) is 2.16. The Kier molecular flexibility index (Phi) is 4.08. The van der Waals surface area contributed by atoms with Gasteiger partial charge in [-0.2, -0.15) is 0 Å². The number of carbonyl (C=O) groups is 2. The van der Waals surface area contributed by atoms with E-state index in [0.717, 1.165) is 6.42 Å². The number of piperidine rings is 1. The Bertz CT molecular complexity index is 288. The molecule has 0 spiro atoms. The van der Waals surface area contributed by atoms with Gasteiger partial charge >= 0.3 is 0 Å². The van der Waals surface area contributed by atoms with Crippen molar-refractivity contribution in [2.45, 2.75) is 33.6 Å². The predicted octanol–water partition coefficient (Wildman–Crippen LogP) is 1.35. The molecule has 0 bridgehead atoms. The van der Waals surface area contributed by atoms with E-state index in [1.54, 1.807) is 7.11 Å². The molecule has 1 N–H and O–H groups in total. The van der Waals surface area contributed by atoms with E-state index in [-0.39, 0.29) is 29.1 Å². The number of hydrogen-bond acceptors (Lipinski definition) is 3. The Morgan fingerprint density at radius 1 is 1.50 bits per heavy atom. The molecule has 4 nitrogen and oxygen atoms in total. The molecule has 0 aromatic carbocycles. The first-order valence-electron chi connectivity index (χ1n) is 5.79. The van der Waals surface area contributed by atoms with Gasteiger partial charge < -0.3 is 4.74 Å². The van der Waals surface area contributed by atoms with Crippen LogP contribution in [0.25, 0.3) is 0 Å². The molecule has 1 heterocycles. The highest BCUT2D eigenvalue weighted by atomic mass is 16.5. The van der Waals surface area contributed by atoms with E-state index >= 15 is 0 Å². The van der Waals surface area contributed by atoms with E-state index in [1.807, 2.05) is 20.8 Å². The van der Waals surface area contributed by atoms with E-state index in [1.165, 1.54) is 0 Å². The van der Waals surface area contributed by atoms with Crippen molar-refractivity contribution >= 4 is 11.8 Å². The summed E-state index contributed by atoms with van der Waals surface area (Å²) in [7, 11) is 1.62. The topological polar surface area (TPSA) is 55.4 Å². The largest absolute Gasteiger partial charge is 0.384 e. The standard InChI is InChI=1S/C12H21NO3/c1-5-12(7-16-4)6-9(14)13-11(15)10(12)8(2)3/h8,10H,5-7H2,1-4H3,(H,13,14,15). The molecule has 0 radical (unpaired) electrons. The second-order valence-electron chi connectivity index (χ2n) is 4.96. The van der Waals surface area contributed by atoms with Gasteiger partial charge in [-0.15, -0.1) is 0 Å². The van der Waals surface area contributed by atoms with E-state index in [2.05, 4.69) is 5.32 Å². The van der Waals surface area contributed by atoms with Crippen LogP contribution in [0.5, 0.6) is 0 Å². The maximum Gasteiger partial charge on any atom is 0.230 e. The van der Waals surface area contributed by atoms with Gasteiger partial charge in [-0.3, -0.25) is 14.9 Å². The number of hydrogen-bond donors (Lipinski definition) is 1. The Labute approximate surface area is 96.7 Å². The molecule has 1 aliphatic rings. The van der Waals surface area contributed by atoms with Crippen molar-refractivity contribution in [2.24, 2.45) is 17.3 Å². The lowest BCUT2D eigenvalue weighted by atomic mass is 9.64. The average molecular weight is 227 g/mol. The van der Waals surface area contributed by atoms with Gasteiger partial charge in [0.25, 0.3) is 0 Å². The molecular weight excluding hydrogens is 206 g/mol. The third kappa shape index (κ3) is 2.26. The fourth-order valence-electron chi connectivity index (χ4n) is 2.85. The number of carbonyl (C=O) groups excluding carboxylic acids is 2. The van der Waals surface area contributed by atoms with Gasteiger partial charge in [0.2, 0.25) is 11.8 Å². The van der Waals surface area contributed by atoms with Crippen LogP contribution in [0.1, 0.15) is 33.6 Å². The van der Waals surface area contributed by atoms with E-state index < -0.39 is 0 Å². The minimum Gasteiger partial charge on any atom is -0.384 e. The van der Waals surface area contributed by atoms with E-state index in [0.29, 0.717) is 13.0 Å². The quantitative estimate of drug-likeness (QED) is 0.737. The summed E-state index contributed by atoms with van der Waals surface area (Å²) in [5.74, 6) is -0.260. The van der Waals surface area contributed by atoms with Crippen LogP contribution in [0.3, 0.4) is 0 Å². The summed E-state index contributed by atoms with van der Waals surface area (Å²) >= 11 is 0. The lowest BCUT2D eigenvalue weighted by Crippen LogP contribution is -2.55. The zero-order valence-electron chi connectivity index (χ0n) is 10.5. The first-order valence-corrected chi connectivity index (χ1v) is 5.79. The van der Waals surface area contributed by atoms with Crippen LogP contribution >= 0.6 is 0 Å². The van der Waals surface area contributed by atoms with Crippen LogP contribution in [0.15, 0.2) is 0 Å². The van der Waals surface area contributed by atoms with E-state index in [4.69, 9.17) is 4.74 Å². The second-order valence-corrected chi connectivity index (χ2v) is 4.96. The lowest BCUT2D eigenvalue weighted by molar-refractivity contribution is -0.149. The van der Waals surface area contributed by atoms with Gasteiger partial charge in [0.15, 0.2) is 0 Å². The normalized spacial score (nSPS) is 30.7. The molecule has 2 atom stereocenters. The van der Waals surface area contributed by atoms with Crippen LogP contribution in [0.4, 0.5) is 0 Å². The molecule has 2 unspecified atom stereocenters. The molecule has 2 amide bonds. The summed E-state index contributed by atoms with van der Waals surface area (Å²) in [6.45, 7) is 6.51. The first-order chi connectivity index (χ1) is 7.46. The van der Waals surface area contributed by atoms with Crippen LogP contribution in [0, 0.1) is 17.3 Å². The van der Waals surface area contributed by atoms with Crippen LogP contribution in [-0.2, 0) is 14.3 Å².